The van der Waals surface area contributed by atoms with E-state index in [4.69, 9.17) is 0 Å². The Hall–Kier alpha value is -0.940. The van der Waals surface area contributed by atoms with Gasteiger partial charge in [-0.15, -0.1) is 11.3 Å². The van der Waals surface area contributed by atoms with Gasteiger partial charge in [-0.2, -0.15) is 0 Å². The SMILES string of the molecule is CCC(CC)NC(=O)C(C)NC(C)c1ncc(C)s1. The second-order valence-electron chi connectivity index (χ2n) is 4.94. The van der Waals surface area contributed by atoms with Gasteiger partial charge in [0.1, 0.15) is 5.01 Å². The van der Waals surface area contributed by atoms with E-state index in [1.807, 2.05) is 27.0 Å². The number of amides is 1. The van der Waals surface area contributed by atoms with Crippen LogP contribution in [0.25, 0.3) is 0 Å². The standard InChI is InChI=1S/C14H25N3OS/c1-6-12(7-2)17-13(18)10(4)16-11(5)14-15-8-9(3)19-14/h8,10-12,16H,6-7H2,1-5H3,(H,17,18). The molecular formula is C14H25N3OS. The minimum Gasteiger partial charge on any atom is -0.352 e. The van der Waals surface area contributed by atoms with Gasteiger partial charge in [0.05, 0.1) is 12.1 Å². The number of hydrogen-bond donors (Lipinski definition) is 2. The third-order valence-electron chi connectivity index (χ3n) is 3.23. The summed E-state index contributed by atoms with van der Waals surface area (Å²) >= 11 is 1.67. The summed E-state index contributed by atoms with van der Waals surface area (Å²) in [5.41, 5.74) is 0. The topological polar surface area (TPSA) is 54.0 Å². The quantitative estimate of drug-likeness (QED) is 0.809. The molecular weight excluding hydrogens is 258 g/mol. The van der Waals surface area contributed by atoms with Gasteiger partial charge in [-0.25, -0.2) is 4.98 Å². The highest BCUT2D eigenvalue weighted by molar-refractivity contribution is 7.11. The molecule has 0 saturated carbocycles. The molecule has 2 unspecified atom stereocenters. The highest BCUT2D eigenvalue weighted by Gasteiger charge is 2.19. The van der Waals surface area contributed by atoms with Gasteiger partial charge < -0.3 is 5.32 Å². The maximum atomic E-state index is 12.1. The maximum absolute atomic E-state index is 12.1. The minimum absolute atomic E-state index is 0.0637. The molecule has 1 aromatic rings. The summed E-state index contributed by atoms with van der Waals surface area (Å²) in [7, 11) is 0. The van der Waals surface area contributed by atoms with Gasteiger partial charge in [0.25, 0.3) is 0 Å². The molecule has 19 heavy (non-hydrogen) atoms. The number of nitrogens with one attached hydrogen (secondary N) is 2. The Morgan fingerprint density at radius 3 is 2.47 bits per heavy atom. The van der Waals surface area contributed by atoms with E-state index in [0.29, 0.717) is 0 Å². The van der Waals surface area contributed by atoms with Crippen LogP contribution in [0, 0.1) is 6.92 Å². The van der Waals surface area contributed by atoms with Crippen LogP contribution < -0.4 is 10.6 Å². The Morgan fingerprint density at radius 1 is 1.37 bits per heavy atom. The van der Waals surface area contributed by atoms with Crippen LogP contribution in [-0.4, -0.2) is 23.0 Å². The van der Waals surface area contributed by atoms with Crippen LogP contribution in [0.4, 0.5) is 0 Å². The molecule has 0 aliphatic carbocycles. The van der Waals surface area contributed by atoms with Crippen molar-refractivity contribution in [3.8, 4) is 0 Å². The fourth-order valence-corrected chi connectivity index (χ4v) is 2.70. The number of hydrogen-bond acceptors (Lipinski definition) is 4. The first-order valence-corrected chi connectivity index (χ1v) is 7.78. The molecule has 1 heterocycles. The summed E-state index contributed by atoms with van der Waals surface area (Å²) in [6.07, 6.45) is 3.81. The number of carbonyl (C=O) groups is 1. The highest BCUT2D eigenvalue weighted by Crippen LogP contribution is 2.19. The second-order valence-corrected chi connectivity index (χ2v) is 6.21. The largest absolute Gasteiger partial charge is 0.352 e. The molecule has 0 bridgehead atoms. The van der Waals surface area contributed by atoms with Gasteiger partial charge in [0, 0.05) is 17.1 Å². The Morgan fingerprint density at radius 2 is 2.00 bits per heavy atom. The number of nitrogens with zero attached hydrogens (tertiary/aromatic N) is 1. The van der Waals surface area contributed by atoms with Crippen LogP contribution >= 0.6 is 11.3 Å². The third kappa shape index (κ3) is 4.91. The van der Waals surface area contributed by atoms with E-state index in [1.54, 1.807) is 11.3 Å². The lowest BCUT2D eigenvalue weighted by molar-refractivity contribution is -0.123. The predicted octanol–water partition coefficient (Wildman–Crippen LogP) is 2.80. The third-order valence-corrected chi connectivity index (χ3v) is 4.33. The van der Waals surface area contributed by atoms with Crippen LogP contribution in [0.2, 0.25) is 0 Å². The van der Waals surface area contributed by atoms with E-state index in [-0.39, 0.29) is 24.0 Å². The molecule has 108 valence electrons. The zero-order valence-corrected chi connectivity index (χ0v) is 13.3. The van der Waals surface area contributed by atoms with Gasteiger partial charge in [-0.1, -0.05) is 13.8 Å². The van der Waals surface area contributed by atoms with Gasteiger partial charge in [0.15, 0.2) is 0 Å². The van der Waals surface area contributed by atoms with E-state index in [2.05, 4.69) is 29.5 Å². The summed E-state index contributed by atoms with van der Waals surface area (Å²) < 4.78 is 0. The number of rotatable bonds is 7. The first-order valence-electron chi connectivity index (χ1n) is 6.96. The molecule has 1 aromatic heterocycles. The molecule has 1 rings (SSSR count). The van der Waals surface area contributed by atoms with Crippen LogP contribution in [0.3, 0.4) is 0 Å². The maximum Gasteiger partial charge on any atom is 0.237 e. The molecule has 5 heteroatoms. The van der Waals surface area contributed by atoms with Crippen molar-refractivity contribution < 1.29 is 4.79 Å². The molecule has 0 aromatic carbocycles. The molecule has 2 N–H and O–H groups in total. The van der Waals surface area contributed by atoms with Crippen molar-refractivity contribution in [3.05, 3.63) is 16.1 Å². The summed E-state index contributed by atoms with van der Waals surface area (Å²) in [5.74, 6) is 0.0637. The average Bonchev–Trinajstić information content (AvgIpc) is 2.82. The van der Waals surface area contributed by atoms with Crippen molar-refractivity contribution in [1.82, 2.24) is 15.6 Å². The van der Waals surface area contributed by atoms with Crippen LogP contribution in [0.1, 0.15) is 56.5 Å². The van der Waals surface area contributed by atoms with Crippen LogP contribution in [0.15, 0.2) is 6.20 Å². The number of thiazole rings is 1. The smallest absolute Gasteiger partial charge is 0.237 e. The van der Waals surface area contributed by atoms with E-state index in [0.717, 1.165) is 17.8 Å². The van der Waals surface area contributed by atoms with Gasteiger partial charge in [0.2, 0.25) is 5.91 Å². The van der Waals surface area contributed by atoms with Gasteiger partial charge in [-0.3, -0.25) is 10.1 Å². The number of aromatic nitrogens is 1. The van der Waals surface area contributed by atoms with Crippen LogP contribution in [-0.2, 0) is 4.79 Å². The molecule has 0 aliphatic rings. The lowest BCUT2D eigenvalue weighted by Gasteiger charge is -2.21. The molecule has 1 amide bonds. The molecule has 4 nitrogen and oxygen atoms in total. The zero-order chi connectivity index (χ0) is 14.4. The molecule has 0 radical (unpaired) electrons. The average molecular weight is 283 g/mol. The second kappa shape index (κ2) is 7.60. The fourth-order valence-electron chi connectivity index (χ4n) is 1.91. The fraction of sp³-hybridized carbons (Fsp3) is 0.714. The molecule has 0 saturated heterocycles. The molecule has 0 aliphatic heterocycles. The highest BCUT2D eigenvalue weighted by atomic mass is 32.1. The summed E-state index contributed by atoms with van der Waals surface area (Å²) in [6.45, 7) is 10.2. The van der Waals surface area contributed by atoms with E-state index in [9.17, 15) is 4.79 Å². The zero-order valence-electron chi connectivity index (χ0n) is 12.5. The lowest BCUT2D eigenvalue weighted by atomic mass is 10.1. The normalized spacial score (nSPS) is 14.4. The van der Waals surface area contributed by atoms with E-state index in [1.165, 1.54) is 4.88 Å². The first-order chi connectivity index (χ1) is 8.97. The van der Waals surface area contributed by atoms with E-state index >= 15 is 0 Å². The van der Waals surface area contributed by atoms with E-state index < -0.39 is 0 Å². The monoisotopic (exact) mass is 283 g/mol. The van der Waals surface area contributed by atoms with Crippen molar-refractivity contribution in [2.45, 2.75) is 65.6 Å². The molecule has 0 fully saturated rings. The Bertz CT molecular complexity index is 401. The lowest BCUT2D eigenvalue weighted by Crippen LogP contribution is -2.46. The summed E-state index contributed by atoms with van der Waals surface area (Å²) in [6, 6.07) is 0.162. The first kappa shape index (κ1) is 16.1. The van der Waals surface area contributed by atoms with Crippen molar-refractivity contribution >= 4 is 17.2 Å². The summed E-state index contributed by atoms with van der Waals surface area (Å²) in [5, 5.41) is 7.39. The van der Waals surface area contributed by atoms with Gasteiger partial charge >= 0.3 is 0 Å². The van der Waals surface area contributed by atoms with Crippen molar-refractivity contribution in [1.29, 1.82) is 0 Å². The van der Waals surface area contributed by atoms with Crippen molar-refractivity contribution in [3.63, 3.8) is 0 Å². The number of aryl methyl sites for hydroxylation is 1. The number of carbonyl (C=O) groups excluding carboxylic acids is 1. The Labute approximate surface area is 120 Å². The minimum atomic E-state index is -0.209. The van der Waals surface area contributed by atoms with Crippen molar-refractivity contribution in [2.75, 3.05) is 0 Å². The van der Waals surface area contributed by atoms with Crippen molar-refractivity contribution in [2.24, 2.45) is 0 Å². The molecule has 2 atom stereocenters. The Kier molecular flexibility index (Phi) is 6.45. The van der Waals surface area contributed by atoms with Crippen LogP contribution in [0.5, 0.6) is 0 Å². The Balaban J connectivity index is 2.49. The predicted molar refractivity (Wildman–Crippen MR) is 80.4 cm³/mol. The van der Waals surface area contributed by atoms with Gasteiger partial charge in [-0.05, 0) is 33.6 Å². The summed E-state index contributed by atoms with van der Waals surface area (Å²) in [4.78, 5) is 17.6. The molecule has 0 spiro atoms.